The van der Waals surface area contributed by atoms with Gasteiger partial charge in [-0.15, -0.1) is 33.2 Å². The summed E-state index contributed by atoms with van der Waals surface area (Å²) in [7, 11) is 0. The van der Waals surface area contributed by atoms with Gasteiger partial charge < -0.3 is 0 Å². The summed E-state index contributed by atoms with van der Waals surface area (Å²) in [6.45, 7) is 4.03. The summed E-state index contributed by atoms with van der Waals surface area (Å²) in [5.41, 5.74) is 2.47. The molecule has 1 aliphatic rings. The highest BCUT2D eigenvalue weighted by Crippen LogP contribution is 2.43. The SMILES string of the molecule is CC1=CC([Si](Cl)(Cl)Cl)C(C)=C1. The summed E-state index contributed by atoms with van der Waals surface area (Å²) in [4.78, 5) is 0. The molecule has 1 rings (SSSR count). The predicted molar refractivity (Wildman–Crippen MR) is 54.6 cm³/mol. The minimum absolute atomic E-state index is 0.0903. The molecule has 0 spiro atoms. The molecule has 1 unspecified atom stereocenters. The number of rotatable bonds is 1. The zero-order valence-corrected chi connectivity index (χ0v) is 9.63. The van der Waals surface area contributed by atoms with Crippen molar-refractivity contribution in [2.24, 2.45) is 0 Å². The van der Waals surface area contributed by atoms with Crippen molar-refractivity contribution >= 4 is 39.2 Å². The standard InChI is InChI=1S/C7H9Cl3Si/c1-5-3-6(2)7(4-5)11(8,9)10/h3-4,7H,1-2H3. The van der Waals surface area contributed by atoms with Crippen LogP contribution in [0, 0.1) is 0 Å². The Morgan fingerprint density at radius 3 is 2.00 bits per heavy atom. The van der Waals surface area contributed by atoms with E-state index < -0.39 is 6.00 Å². The van der Waals surface area contributed by atoms with Crippen LogP contribution >= 0.6 is 33.2 Å². The van der Waals surface area contributed by atoms with Crippen LogP contribution in [-0.4, -0.2) is 6.00 Å². The molecule has 0 aliphatic heterocycles. The number of halogens is 3. The van der Waals surface area contributed by atoms with Gasteiger partial charge in [-0.05, 0) is 13.8 Å². The first-order chi connectivity index (χ1) is 4.91. The molecule has 0 nitrogen and oxygen atoms in total. The fourth-order valence-electron chi connectivity index (χ4n) is 1.24. The van der Waals surface area contributed by atoms with E-state index in [4.69, 9.17) is 33.2 Å². The molecule has 1 atom stereocenters. The van der Waals surface area contributed by atoms with Gasteiger partial charge in [-0.2, -0.15) is 0 Å². The second-order valence-electron chi connectivity index (χ2n) is 2.82. The predicted octanol–water partition coefficient (Wildman–Crippen LogP) is 3.92. The van der Waals surface area contributed by atoms with Gasteiger partial charge >= 0.3 is 6.00 Å². The molecule has 0 radical (unpaired) electrons. The van der Waals surface area contributed by atoms with Gasteiger partial charge in [0.1, 0.15) is 0 Å². The minimum Gasteiger partial charge on any atom is -0.125 e. The van der Waals surface area contributed by atoms with Crippen molar-refractivity contribution in [1.29, 1.82) is 0 Å². The maximum absolute atomic E-state index is 5.88. The quantitative estimate of drug-likeness (QED) is 0.471. The number of hydrogen-bond acceptors (Lipinski definition) is 0. The molecular formula is C7H9Cl3Si. The molecule has 0 amide bonds. The average molecular weight is 228 g/mol. The minimum atomic E-state index is -2.56. The Morgan fingerprint density at radius 2 is 1.82 bits per heavy atom. The summed E-state index contributed by atoms with van der Waals surface area (Å²) in [5, 5.41) is 0. The Balaban J connectivity index is 2.86. The normalized spacial score (nSPS) is 25.0. The van der Waals surface area contributed by atoms with E-state index in [-0.39, 0.29) is 5.54 Å². The Morgan fingerprint density at radius 1 is 1.27 bits per heavy atom. The molecule has 0 heterocycles. The van der Waals surface area contributed by atoms with E-state index in [9.17, 15) is 0 Å². The Kier molecular flexibility index (Phi) is 2.75. The molecule has 11 heavy (non-hydrogen) atoms. The summed E-state index contributed by atoms with van der Waals surface area (Å²) in [6.07, 6.45) is 4.11. The average Bonchev–Trinajstić information content (AvgIpc) is 2.08. The van der Waals surface area contributed by atoms with Gasteiger partial charge in [-0.3, -0.25) is 0 Å². The van der Waals surface area contributed by atoms with Gasteiger partial charge in [-0.1, -0.05) is 23.3 Å². The monoisotopic (exact) mass is 226 g/mol. The molecule has 0 aromatic rings. The highest BCUT2D eigenvalue weighted by molar-refractivity contribution is 7.65. The van der Waals surface area contributed by atoms with E-state index in [1.165, 1.54) is 11.1 Å². The molecule has 0 aromatic carbocycles. The van der Waals surface area contributed by atoms with Crippen molar-refractivity contribution in [2.75, 3.05) is 0 Å². The zero-order chi connectivity index (χ0) is 8.65. The maximum Gasteiger partial charge on any atom is 0.351 e. The van der Waals surface area contributed by atoms with Crippen LogP contribution in [0.2, 0.25) is 5.54 Å². The van der Waals surface area contributed by atoms with Crippen molar-refractivity contribution in [2.45, 2.75) is 19.4 Å². The van der Waals surface area contributed by atoms with Crippen LogP contribution in [0.25, 0.3) is 0 Å². The lowest BCUT2D eigenvalue weighted by molar-refractivity contribution is 1.22. The molecule has 0 saturated heterocycles. The second kappa shape index (κ2) is 3.13. The third kappa shape index (κ3) is 2.25. The van der Waals surface area contributed by atoms with Crippen LogP contribution in [0.3, 0.4) is 0 Å². The molecule has 1 aliphatic carbocycles. The highest BCUT2D eigenvalue weighted by atomic mass is 35.8. The van der Waals surface area contributed by atoms with Crippen LogP contribution in [0.5, 0.6) is 0 Å². The van der Waals surface area contributed by atoms with E-state index in [0.29, 0.717) is 0 Å². The van der Waals surface area contributed by atoms with Gasteiger partial charge in [0.15, 0.2) is 0 Å². The van der Waals surface area contributed by atoms with Crippen LogP contribution in [-0.2, 0) is 0 Å². The lowest BCUT2D eigenvalue weighted by atomic mass is 10.3. The summed E-state index contributed by atoms with van der Waals surface area (Å²) >= 11 is 17.7. The lowest BCUT2D eigenvalue weighted by Gasteiger charge is -2.15. The van der Waals surface area contributed by atoms with E-state index in [2.05, 4.69) is 6.08 Å². The number of hydrogen-bond donors (Lipinski definition) is 0. The van der Waals surface area contributed by atoms with Crippen LogP contribution in [0.15, 0.2) is 23.3 Å². The van der Waals surface area contributed by atoms with Crippen molar-refractivity contribution in [1.82, 2.24) is 0 Å². The molecule has 0 saturated carbocycles. The molecule has 0 aromatic heterocycles. The smallest absolute Gasteiger partial charge is 0.125 e. The first-order valence-corrected chi connectivity index (χ1v) is 8.46. The van der Waals surface area contributed by atoms with Crippen molar-refractivity contribution in [3.63, 3.8) is 0 Å². The Labute approximate surface area is 82.0 Å². The number of allylic oxidation sites excluding steroid dienone is 4. The molecule has 4 heteroatoms. The van der Waals surface area contributed by atoms with Crippen molar-refractivity contribution in [3.05, 3.63) is 23.3 Å². The molecule has 0 fully saturated rings. The van der Waals surface area contributed by atoms with Gasteiger partial charge in [0.05, 0.1) is 0 Å². The largest absolute Gasteiger partial charge is 0.351 e. The second-order valence-corrected chi connectivity index (χ2v) is 11.6. The first-order valence-electron chi connectivity index (χ1n) is 3.34. The fourth-order valence-corrected chi connectivity index (χ4v) is 4.41. The zero-order valence-electron chi connectivity index (χ0n) is 6.37. The molecule has 0 bridgehead atoms. The topological polar surface area (TPSA) is 0 Å². The highest BCUT2D eigenvalue weighted by Gasteiger charge is 2.37. The molecule has 0 N–H and O–H groups in total. The van der Waals surface area contributed by atoms with Crippen molar-refractivity contribution in [3.8, 4) is 0 Å². The third-order valence-electron chi connectivity index (χ3n) is 1.73. The van der Waals surface area contributed by atoms with Crippen LogP contribution in [0.4, 0.5) is 0 Å². The molecular weight excluding hydrogens is 219 g/mol. The summed E-state index contributed by atoms with van der Waals surface area (Å²) in [6, 6.07) is -2.56. The Hall–Kier alpha value is 0.567. The van der Waals surface area contributed by atoms with Crippen molar-refractivity contribution < 1.29 is 0 Å². The summed E-state index contributed by atoms with van der Waals surface area (Å²) < 4.78 is 0. The van der Waals surface area contributed by atoms with Gasteiger partial charge in [0, 0.05) is 5.54 Å². The van der Waals surface area contributed by atoms with E-state index in [1.54, 1.807) is 0 Å². The van der Waals surface area contributed by atoms with Gasteiger partial charge in [-0.25, -0.2) is 0 Å². The Bertz CT molecular complexity index is 224. The maximum atomic E-state index is 5.88. The van der Waals surface area contributed by atoms with E-state index in [1.807, 2.05) is 19.9 Å². The van der Waals surface area contributed by atoms with E-state index >= 15 is 0 Å². The molecule has 62 valence electrons. The first kappa shape index (κ1) is 9.65. The lowest BCUT2D eigenvalue weighted by Crippen LogP contribution is -2.17. The van der Waals surface area contributed by atoms with Crippen LogP contribution in [0.1, 0.15) is 13.8 Å². The fraction of sp³-hybridized carbons (Fsp3) is 0.429. The third-order valence-corrected chi connectivity index (χ3v) is 5.17. The van der Waals surface area contributed by atoms with Gasteiger partial charge in [0.2, 0.25) is 0 Å². The summed E-state index contributed by atoms with van der Waals surface area (Å²) in [5.74, 6) is 0. The van der Waals surface area contributed by atoms with E-state index in [0.717, 1.165) is 0 Å². The van der Waals surface area contributed by atoms with Gasteiger partial charge in [0.25, 0.3) is 0 Å². The van der Waals surface area contributed by atoms with Crippen LogP contribution < -0.4 is 0 Å².